The van der Waals surface area contributed by atoms with Crippen LogP contribution in [0.4, 0.5) is 0 Å². The number of amides is 1. The number of carbonyl (C=O) groups is 1. The summed E-state index contributed by atoms with van der Waals surface area (Å²) >= 11 is 0. The van der Waals surface area contributed by atoms with Crippen molar-refractivity contribution in [2.24, 2.45) is 11.1 Å². The minimum absolute atomic E-state index is 0.204. The van der Waals surface area contributed by atoms with Crippen LogP contribution in [0.2, 0.25) is 0 Å². The number of likely N-dealkylation sites (tertiary alicyclic amines) is 1. The van der Waals surface area contributed by atoms with Crippen molar-refractivity contribution in [3.8, 4) is 16.9 Å². The Morgan fingerprint density at radius 3 is 2.29 bits per heavy atom. The molecule has 2 N–H and O–H groups in total. The maximum Gasteiger partial charge on any atom is 0.225 e. The van der Waals surface area contributed by atoms with Gasteiger partial charge in [0.2, 0.25) is 5.91 Å². The Morgan fingerprint density at radius 2 is 1.65 bits per heavy atom. The van der Waals surface area contributed by atoms with Crippen LogP contribution in [0.15, 0.2) is 73.1 Å². The van der Waals surface area contributed by atoms with E-state index in [1.54, 1.807) is 19.5 Å². The van der Waals surface area contributed by atoms with Crippen LogP contribution in [-0.4, -0.2) is 36.0 Å². The van der Waals surface area contributed by atoms with E-state index in [0.29, 0.717) is 13.0 Å². The molecule has 2 aromatic carbocycles. The maximum atomic E-state index is 12.6. The standard InChI is InChI=1S/C26H29N3O2/c1-31-24-9-5-21(6-10-24)18-29-16-2-13-26(19-29,25(27)30)17-20-3-7-22(8-4-20)23-11-14-28-15-12-23/h3-12,14-15H,2,13,16-19H2,1H3,(H2,27,30). The number of pyridine rings is 1. The van der Waals surface area contributed by atoms with Gasteiger partial charge in [0, 0.05) is 25.5 Å². The Labute approximate surface area is 183 Å². The second-order valence-corrected chi connectivity index (χ2v) is 8.42. The predicted octanol–water partition coefficient (Wildman–Crippen LogP) is 4.07. The van der Waals surface area contributed by atoms with E-state index in [1.807, 2.05) is 24.3 Å². The van der Waals surface area contributed by atoms with Crippen molar-refractivity contribution in [2.45, 2.75) is 25.8 Å². The number of hydrogen-bond acceptors (Lipinski definition) is 4. The number of ether oxygens (including phenoxy) is 1. The quantitative estimate of drug-likeness (QED) is 0.632. The maximum absolute atomic E-state index is 12.6. The first kappa shape index (κ1) is 21.1. The van der Waals surface area contributed by atoms with E-state index in [2.05, 4.69) is 46.3 Å². The van der Waals surface area contributed by atoms with Crippen molar-refractivity contribution in [3.63, 3.8) is 0 Å². The number of primary amides is 1. The minimum Gasteiger partial charge on any atom is -0.497 e. The summed E-state index contributed by atoms with van der Waals surface area (Å²) in [5, 5.41) is 0. The summed E-state index contributed by atoms with van der Waals surface area (Å²) in [6, 6.07) is 20.6. The molecule has 3 aromatic rings. The van der Waals surface area contributed by atoms with E-state index in [-0.39, 0.29) is 5.91 Å². The number of methoxy groups -OCH3 is 1. The van der Waals surface area contributed by atoms with Gasteiger partial charge < -0.3 is 10.5 Å². The van der Waals surface area contributed by atoms with Gasteiger partial charge in [0.25, 0.3) is 0 Å². The summed E-state index contributed by atoms with van der Waals surface area (Å²) in [5.41, 5.74) is 10.1. The molecule has 5 heteroatoms. The van der Waals surface area contributed by atoms with Gasteiger partial charge in [0.1, 0.15) is 5.75 Å². The molecule has 0 bridgehead atoms. The van der Waals surface area contributed by atoms with Crippen molar-refractivity contribution in [3.05, 3.63) is 84.2 Å². The Kier molecular flexibility index (Phi) is 6.33. The van der Waals surface area contributed by atoms with Crippen LogP contribution in [0.25, 0.3) is 11.1 Å². The highest BCUT2D eigenvalue weighted by atomic mass is 16.5. The number of nitrogens with two attached hydrogens (primary N) is 1. The Balaban J connectivity index is 1.48. The largest absolute Gasteiger partial charge is 0.497 e. The number of aromatic nitrogens is 1. The molecule has 1 saturated heterocycles. The summed E-state index contributed by atoms with van der Waals surface area (Å²) in [5.74, 6) is 0.647. The fourth-order valence-corrected chi connectivity index (χ4v) is 4.53. The molecule has 5 nitrogen and oxygen atoms in total. The molecule has 160 valence electrons. The molecule has 4 rings (SSSR count). The molecule has 1 atom stereocenters. The zero-order valence-corrected chi connectivity index (χ0v) is 18.0. The third-order valence-corrected chi connectivity index (χ3v) is 6.25. The zero-order valence-electron chi connectivity index (χ0n) is 18.0. The van der Waals surface area contributed by atoms with Gasteiger partial charge in [-0.05, 0) is 72.3 Å². The summed E-state index contributed by atoms with van der Waals surface area (Å²) in [6.45, 7) is 2.46. The molecule has 31 heavy (non-hydrogen) atoms. The zero-order chi connectivity index (χ0) is 21.7. The second-order valence-electron chi connectivity index (χ2n) is 8.42. The molecule has 1 amide bonds. The van der Waals surface area contributed by atoms with Gasteiger partial charge in [-0.1, -0.05) is 36.4 Å². The third kappa shape index (κ3) is 4.94. The summed E-state index contributed by atoms with van der Waals surface area (Å²) in [6.07, 6.45) is 6.05. The Hall–Kier alpha value is -3.18. The number of carbonyl (C=O) groups excluding carboxylic acids is 1. The fraction of sp³-hybridized carbons (Fsp3) is 0.308. The normalized spacial score (nSPS) is 19.1. The topological polar surface area (TPSA) is 68.4 Å². The number of rotatable bonds is 7. The van der Waals surface area contributed by atoms with Crippen molar-refractivity contribution in [2.75, 3.05) is 20.2 Å². The average Bonchev–Trinajstić information content (AvgIpc) is 2.81. The van der Waals surface area contributed by atoms with Gasteiger partial charge in [-0.2, -0.15) is 0 Å². The molecule has 0 spiro atoms. The summed E-state index contributed by atoms with van der Waals surface area (Å²) in [4.78, 5) is 19.0. The van der Waals surface area contributed by atoms with E-state index < -0.39 is 5.41 Å². The third-order valence-electron chi connectivity index (χ3n) is 6.25. The number of benzene rings is 2. The Morgan fingerprint density at radius 1 is 1.00 bits per heavy atom. The minimum atomic E-state index is -0.539. The molecule has 1 fully saturated rings. The van der Waals surface area contributed by atoms with E-state index in [1.165, 1.54) is 5.56 Å². The highest BCUT2D eigenvalue weighted by Crippen LogP contribution is 2.35. The van der Waals surface area contributed by atoms with Crippen LogP contribution in [0.5, 0.6) is 5.75 Å². The molecule has 2 heterocycles. The molecule has 1 unspecified atom stereocenters. The van der Waals surface area contributed by atoms with Crippen LogP contribution >= 0.6 is 0 Å². The lowest BCUT2D eigenvalue weighted by molar-refractivity contribution is -0.131. The summed E-state index contributed by atoms with van der Waals surface area (Å²) < 4.78 is 5.25. The number of hydrogen-bond donors (Lipinski definition) is 1. The smallest absolute Gasteiger partial charge is 0.225 e. The number of piperidine rings is 1. The highest BCUT2D eigenvalue weighted by Gasteiger charge is 2.40. The second kappa shape index (κ2) is 9.31. The predicted molar refractivity (Wildman–Crippen MR) is 123 cm³/mol. The van der Waals surface area contributed by atoms with Crippen LogP contribution in [-0.2, 0) is 17.8 Å². The SMILES string of the molecule is COc1ccc(CN2CCCC(Cc3ccc(-c4ccncc4)cc3)(C(N)=O)C2)cc1. The molecular weight excluding hydrogens is 386 g/mol. The Bertz CT molecular complexity index is 1000. The van der Waals surface area contributed by atoms with Crippen molar-refractivity contribution in [1.29, 1.82) is 0 Å². The van der Waals surface area contributed by atoms with E-state index >= 15 is 0 Å². The first-order valence-corrected chi connectivity index (χ1v) is 10.7. The average molecular weight is 416 g/mol. The highest BCUT2D eigenvalue weighted by molar-refractivity contribution is 5.81. The molecule has 0 aliphatic carbocycles. The van der Waals surface area contributed by atoms with Gasteiger partial charge in [-0.15, -0.1) is 0 Å². The molecule has 0 radical (unpaired) electrons. The van der Waals surface area contributed by atoms with Crippen LogP contribution in [0.1, 0.15) is 24.0 Å². The fourth-order valence-electron chi connectivity index (χ4n) is 4.53. The lowest BCUT2D eigenvalue weighted by atomic mass is 9.74. The van der Waals surface area contributed by atoms with Gasteiger partial charge in [0.05, 0.1) is 12.5 Å². The van der Waals surface area contributed by atoms with Crippen molar-refractivity contribution >= 4 is 5.91 Å². The molecule has 1 aromatic heterocycles. The van der Waals surface area contributed by atoms with Crippen molar-refractivity contribution in [1.82, 2.24) is 9.88 Å². The van der Waals surface area contributed by atoms with Gasteiger partial charge in [0.15, 0.2) is 0 Å². The first-order valence-electron chi connectivity index (χ1n) is 10.7. The van der Waals surface area contributed by atoms with E-state index in [9.17, 15) is 4.79 Å². The molecule has 1 aliphatic heterocycles. The van der Waals surface area contributed by atoms with Gasteiger partial charge in [-0.3, -0.25) is 14.7 Å². The summed E-state index contributed by atoms with van der Waals surface area (Å²) in [7, 11) is 1.67. The monoisotopic (exact) mass is 415 g/mol. The molecular formula is C26H29N3O2. The van der Waals surface area contributed by atoms with Crippen molar-refractivity contribution < 1.29 is 9.53 Å². The van der Waals surface area contributed by atoms with E-state index in [4.69, 9.17) is 10.5 Å². The number of nitrogens with zero attached hydrogens (tertiary/aromatic N) is 2. The van der Waals surface area contributed by atoms with E-state index in [0.717, 1.165) is 48.4 Å². The molecule has 0 saturated carbocycles. The van der Waals surface area contributed by atoms with Gasteiger partial charge >= 0.3 is 0 Å². The lowest BCUT2D eigenvalue weighted by Gasteiger charge is -2.41. The first-order chi connectivity index (χ1) is 15.1. The van der Waals surface area contributed by atoms with Gasteiger partial charge in [-0.25, -0.2) is 0 Å². The van der Waals surface area contributed by atoms with Crippen LogP contribution < -0.4 is 10.5 Å². The van der Waals surface area contributed by atoms with Crippen LogP contribution in [0.3, 0.4) is 0 Å². The van der Waals surface area contributed by atoms with Crippen LogP contribution in [0, 0.1) is 5.41 Å². The lowest BCUT2D eigenvalue weighted by Crippen LogP contribution is -2.51. The molecule has 1 aliphatic rings.